The molecular weight excluding hydrogens is 279 g/mol. The Hall–Kier alpha value is -1.09. The predicted octanol–water partition coefficient (Wildman–Crippen LogP) is 4.69. The fourth-order valence-corrected chi connectivity index (χ4v) is 3.37. The van der Waals surface area contributed by atoms with Gasteiger partial charge in [-0.1, -0.05) is 31.0 Å². The van der Waals surface area contributed by atoms with Crippen LogP contribution >= 0.6 is 11.6 Å². The third-order valence-corrected chi connectivity index (χ3v) is 5.02. The van der Waals surface area contributed by atoms with Crippen LogP contribution in [0.15, 0.2) is 18.2 Å². The number of hydrogen-bond donors (Lipinski definition) is 1. The normalized spacial score (nSPS) is 26.4. The van der Waals surface area contributed by atoms with E-state index in [9.17, 15) is 14.3 Å². The van der Waals surface area contributed by atoms with Gasteiger partial charge in [-0.15, -0.1) is 0 Å². The van der Waals surface area contributed by atoms with Crippen LogP contribution in [0.2, 0.25) is 5.02 Å². The van der Waals surface area contributed by atoms with Crippen LogP contribution in [0.5, 0.6) is 0 Å². The SMILES string of the molecule is CCC1CCC(Cc2c(F)cccc2Cl)(C(=O)O)CC1. The fraction of sp³-hybridized carbons (Fsp3) is 0.562. The van der Waals surface area contributed by atoms with E-state index in [4.69, 9.17) is 11.6 Å². The Morgan fingerprint density at radius 3 is 2.60 bits per heavy atom. The molecule has 0 aliphatic heterocycles. The Morgan fingerprint density at radius 1 is 1.45 bits per heavy atom. The summed E-state index contributed by atoms with van der Waals surface area (Å²) in [5, 5.41) is 9.95. The van der Waals surface area contributed by atoms with Crippen LogP contribution in [0, 0.1) is 17.2 Å². The van der Waals surface area contributed by atoms with Crippen molar-refractivity contribution in [2.75, 3.05) is 0 Å². The van der Waals surface area contributed by atoms with Gasteiger partial charge in [-0.2, -0.15) is 0 Å². The van der Waals surface area contributed by atoms with E-state index < -0.39 is 17.2 Å². The molecule has 0 radical (unpaired) electrons. The quantitative estimate of drug-likeness (QED) is 0.875. The predicted molar refractivity (Wildman–Crippen MR) is 77.4 cm³/mol. The first-order valence-electron chi connectivity index (χ1n) is 7.15. The summed E-state index contributed by atoms with van der Waals surface area (Å²) < 4.78 is 13.9. The van der Waals surface area contributed by atoms with Crippen LogP contribution in [-0.4, -0.2) is 11.1 Å². The average molecular weight is 299 g/mol. The second kappa shape index (κ2) is 6.13. The largest absolute Gasteiger partial charge is 0.481 e. The van der Waals surface area contributed by atoms with Crippen LogP contribution in [0.3, 0.4) is 0 Å². The molecule has 1 N–H and O–H groups in total. The summed E-state index contributed by atoms with van der Waals surface area (Å²) in [7, 11) is 0. The number of rotatable bonds is 4. The summed E-state index contributed by atoms with van der Waals surface area (Å²) in [6, 6.07) is 4.50. The Bertz CT molecular complexity index is 473. The van der Waals surface area contributed by atoms with E-state index in [0.29, 0.717) is 29.3 Å². The van der Waals surface area contributed by atoms with Crippen molar-refractivity contribution in [1.29, 1.82) is 0 Å². The van der Waals surface area contributed by atoms with Gasteiger partial charge < -0.3 is 5.11 Å². The molecule has 0 bridgehead atoms. The second-order valence-corrected chi connectivity index (χ2v) is 6.22. The minimum atomic E-state index is -0.864. The Kier molecular flexibility index (Phi) is 4.69. The molecule has 0 saturated heterocycles. The molecule has 1 saturated carbocycles. The zero-order chi connectivity index (χ0) is 14.8. The van der Waals surface area contributed by atoms with Crippen molar-refractivity contribution in [3.8, 4) is 0 Å². The lowest BCUT2D eigenvalue weighted by Crippen LogP contribution is -2.37. The Balaban J connectivity index is 2.25. The summed E-state index contributed by atoms with van der Waals surface area (Å²) in [5.74, 6) is -0.638. The van der Waals surface area contributed by atoms with Crippen molar-refractivity contribution < 1.29 is 14.3 Å². The lowest BCUT2D eigenvalue weighted by molar-refractivity contribution is -0.151. The maximum absolute atomic E-state index is 13.9. The zero-order valence-electron chi connectivity index (χ0n) is 11.7. The fourth-order valence-electron chi connectivity index (χ4n) is 3.14. The van der Waals surface area contributed by atoms with Gasteiger partial charge in [0, 0.05) is 10.6 Å². The molecule has 0 heterocycles. The van der Waals surface area contributed by atoms with E-state index in [1.165, 1.54) is 6.07 Å². The molecule has 0 amide bonds. The number of aliphatic carboxylic acids is 1. The minimum Gasteiger partial charge on any atom is -0.481 e. The molecule has 1 aliphatic rings. The standard InChI is InChI=1S/C16H20ClFO2/c1-2-11-6-8-16(9-7-11,15(19)20)10-12-13(17)4-3-5-14(12)18/h3-5,11H,2,6-10H2,1H3,(H,19,20). The number of hydrogen-bond acceptors (Lipinski definition) is 1. The van der Waals surface area contributed by atoms with Crippen LogP contribution < -0.4 is 0 Å². The van der Waals surface area contributed by atoms with Gasteiger partial charge in [0.1, 0.15) is 5.82 Å². The van der Waals surface area contributed by atoms with Crippen LogP contribution in [0.4, 0.5) is 4.39 Å². The maximum atomic E-state index is 13.9. The van der Waals surface area contributed by atoms with Gasteiger partial charge >= 0.3 is 5.97 Å². The molecule has 1 fully saturated rings. The summed E-state index contributed by atoms with van der Waals surface area (Å²) in [6.45, 7) is 2.13. The van der Waals surface area contributed by atoms with E-state index in [0.717, 1.165) is 19.3 Å². The van der Waals surface area contributed by atoms with Crippen molar-refractivity contribution >= 4 is 17.6 Å². The number of carbonyl (C=O) groups is 1. The van der Waals surface area contributed by atoms with Crippen molar-refractivity contribution in [3.05, 3.63) is 34.6 Å². The number of carboxylic acids is 1. The second-order valence-electron chi connectivity index (χ2n) is 5.81. The number of halogens is 2. The maximum Gasteiger partial charge on any atom is 0.309 e. The number of carboxylic acid groups (broad SMARTS) is 1. The van der Waals surface area contributed by atoms with E-state index in [2.05, 4.69) is 6.92 Å². The highest BCUT2D eigenvalue weighted by atomic mass is 35.5. The summed E-state index contributed by atoms with van der Waals surface area (Å²) in [5.41, 5.74) is -0.524. The third kappa shape index (κ3) is 2.98. The summed E-state index contributed by atoms with van der Waals surface area (Å²) in [6.07, 6.45) is 4.27. The topological polar surface area (TPSA) is 37.3 Å². The van der Waals surface area contributed by atoms with Crippen molar-refractivity contribution in [2.45, 2.75) is 45.4 Å². The van der Waals surface area contributed by atoms with E-state index in [-0.39, 0.29) is 6.42 Å². The van der Waals surface area contributed by atoms with E-state index in [1.807, 2.05) is 0 Å². The lowest BCUT2D eigenvalue weighted by Gasteiger charge is -2.37. The van der Waals surface area contributed by atoms with Gasteiger partial charge in [0.2, 0.25) is 0 Å². The molecule has 0 atom stereocenters. The molecule has 1 aromatic rings. The molecule has 1 aromatic carbocycles. The highest BCUT2D eigenvalue weighted by Gasteiger charge is 2.42. The smallest absolute Gasteiger partial charge is 0.309 e. The lowest BCUT2D eigenvalue weighted by atomic mass is 9.67. The monoisotopic (exact) mass is 298 g/mol. The first-order valence-corrected chi connectivity index (χ1v) is 7.52. The first-order chi connectivity index (χ1) is 9.48. The minimum absolute atomic E-state index is 0.185. The summed E-state index contributed by atoms with van der Waals surface area (Å²) in [4.78, 5) is 11.7. The molecule has 1 aliphatic carbocycles. The van der Waals surface area contributed by atoms with Gasteiger partial charge in [0.15, 0.2) is 0 Å². The average Bonchev–Trinajstić information content (AvgIpc) is 2.43. The molecule has 4 heteroatoms. The highest BCUT2D eigenvalue weighted by Crippen LogP contribution is 2.44. The van der Waals surface area contributed by atoms with Crippen molar-refractivity contribution in [1.82, 2.24) is 0 Å². The molecule has 0 aromatic heterocycles. The van der Waals surface area contributed by atoms with E-state index in [1.54, 1.807) is 12.1 Å². The van der Waals surface area contributed by atoms with Gasteiger partial charge in [-0.25, -0.2) is 4.39 Å². The Morgan fingerprint density at radius 2 is 2.10 bits per heavy atom. The molecule has 0 unspecified atom stereocenters. The Labute approximate surface area is 123 Å². The van der Waals surface area contributed by atoms with Gasteiger partial charge in [0.05, 0.1) is 5.41 Å². The van der Waals surface area contributed by atoms with Crippen molar-refractivity contribution in [2.24, 2.45) is 11.3 Å². The molecular formula is C16H20ClFO2. The van der Waals surface area contributed by atoms with Gasteiger partial charge in [0.25, 0.3) is 0 Å². The number of benzene rings is 1. The summed E-state index contributed by atoms with van der Waals surface area (Å²) >= 11 is 6.04. The molecule has 2 nitrogen and oxygen atoms in total. The molecule has 0 spiro atoms. The van der Waals surface area contributed by atoms with Crippen LogP contribution in [-0.2, 0) is 11.2 Å². The third-order valence-electron chi connectivity index (χ3n) is 4.67. The highest BCUT2D eigenvalue weighted by molar-refractivity contribution is 6.31. The molecule has 20 heavy (non-hydrogen) atoms. The first kappa shape index (κ1) is 15.3. The zero-order valence-corrected chi connectivity index (χ0v) is 12.4. The van der Waals surface area contributed by atoms with Crippen LogP contribution in [0.1, 0.15) is 44.6 Å². The van der Waals surface area contributed by atoms with Crippen LogP contribution in [0.25, 0.3) is 0 Å². The van der Waals surface area contributed by atoms with Gasteiger partial charge in [-0.05, 0) is 50.2 Å². The van der Waals surface area contributed by atoms with Gasteiger partial charge in [-0.3, -0.25) is 4.79 Å². The molecule has 2 rings (SSSR count). The van der Waals surface area contributed by atoms with E-state index >= 15 is 0 Å². The molecule has 110 valence electrons. The van der Waals surface area contributed by atoms with Crippen molar-refractivity contribution in [3.63, 3.8) is 0 Å².